The van der Waals surface area contributed by atoms with Crippen molar-refractivity contribution in [1.82, 2.24) is 9.55 Å². The molecule has 21 heavy (non-hydrogen) atoms. The summed E-state index contributed by atoms with van der Waals surface area (Å²) in [6, 6.07) is 15.3. The van der Waals surface area contributed by atoms with Crippen molar-refractivity contribution < 1.29 is 0 Å². The summed E-state index contributed by atoms with van der Waals surface area (Å²) in [5, 5.41) is 27.2. The van der Waals surface area contributed by atoms with Crippen molar-refractivity contribution in [3.05, 3.63) is 41.7 Å². The van der Waals surface area contributed by atoms with Crippen LogP contribution in [0.3, 0.4) is 0 Å². The molecule has 0 radical (unpaired) electrons. The number of benzene rings is 1. The lowest BCUT2D eigenvalue weighted by molar-refractivity contribution is 0.653. The topological polar surface area (TPSA) is 89.2 Å². The minimum Gasteiger partial charge on any atom is -0.310 e. The Labute approximate surface area is 123 Å². The predicted octanol–water partition coefficient (Wildman–Crippen LogP) is 2.77. The molecule has 0 aliphatic rings. The molecule has 2 rings (SSSR count). The molecular formula is C16H13N5. The first-order valence-corrected chi connectivity index (χ1v) is 6.51. The van der Waals surface area contributed by atoms with E-state index in [1.807, 2.05) is 30.3 Å². The van der Waals surface area contributed by atoms with Gasteiger partial charge in [0, 0.05) is 5.56 Å². The number of hydrogen-bond acceptors (Lipinski definition) is 4. The fourth-order valence-corrected chi connectivity index (χ4v) is 2.26. The molecule has 1 heterocycles. The summed E-state index contributed by atoms with van der Waals surface area (Å²) in [5.41, 5.74) is 2.08. The van der Waals surface area contributed by atoms with Crippen LogP contribution in [0.15, 0.2) is 30.3 Å². The molecule has 0 aliphatic heterocycles. The van der Waals surface area contributed by atoms with E-state index in [4.69, 9.17) is 10.5 Å². The second kappa shape index (κ2) is 6.37. The van der Waals surface area contributed by atoms with Gasteiger partial charge in [0.05, 0.1) is 42.4 Å². The second-order valence-corrected chi connectivity index (χ2v) is 4.54. The van der Waals surface area contributed by atoms with Crippen molar-refractivity contribution in [2.45, 2.75) is 25.8 Å². The summed E-state index contributed by atoms with van der Waals surface area (Å²) in [6.07, 6.45) is 0.255. The number of hydrogen-bond donors (Lipinski definition) is 0. The molecule has 5 nitrogen and oxygen atoms in total. The minimum atomic E-state index is -0.455. The number of nitrogens with zero attached hydrogens (tertiary/aromatic N) is 5. The maximum absolute atomic E-state index is 9.24. The summed E-state index contributed by atoms with van der Waals surface area (Å²) >= 11 is 0. The van der Waals surface area contributed by atoms with Crippen molar-refractivity contribution in [3.63, 3.8) is 0 Å². The van der Waals surface area contributed by atoms with Gasteiger partial charge in [0.2, 0.25) is 0 Å². The highest BCUT2D eigenvalue weighted by Gasteiger charge is 2.21. The van der Waals surface area contributed by atoms with Crippen LogP contribution in [0.4, 0.5) is 0 Å². The van der Waals surface area contributed by atoms with Crippen molar-refractivity contribution in [2.75, 3.05) is 0 Å². The molecule has 0 amide bonds. The van der Waals surface area contributed by atoms with Gasteiger partial charge in [0.15, 0.2) is 0 Å². The van der Waals surface area contributed by atoms with Crippen molar-refractivity contribution >= 4 is 0 Å². The van der Waals surface area contributed by atoms with Gasteiger partial charge in [0.25, 0.3) is 0 Å². The third-order valence-corrected chi connectivity index (χ3v) is 3.19. The van der Waals surface area contributed by atoms with E-state index in [0.717, 1.165) is 5.56 Å². The van der Waals surface area contributed by atoms with Crippen molar-refractivity contribution in [1.29, 1.82) is 15.8 Å². The lowest BCUT2D eigenvalue weighted by Gasteiger charge is -2.12. The van der Waals surface area contributed by atoms with E-state index >= 15 is 0 Å². The largest absolute Gasteiger partial charge is 0.310 e. The van der Waals surface area contributed by atoms with Gasteiger partial charge in [-0.3, -0.25) is 0 Å². The number of rotatable bonds is 4. The number of nitriles is 3. The molecule has 1 aromatic heterocycles. The summed E-state index contributed by atoms with van der Waals surface area (Å²) in [7, 11) is 0. The van der Waals surface area contributed by atoms with Gasteiger partial charge >= 0.3 is 0 Å². The molecule has 0 bridgehead atoms. The van der Waals surface area contributed by atoms with Gasteiger partial charge in [-0.15, -0.1) is 0 Å². The van der Waals surface area contributed by atoms with Crippen molar-refractivity contribution in [3.8, 4) is 29.6 Å². The molecule has 0 spiro atoms. The van der Waals surface area contributed by atoms with Crippen molar-refractivity contribution in [2.24, 2.45) is 0 Å². The molecule has 1 atom stereocenters. The average molecular weight is 275 g/mol. The Morgan fingerprint density at radius 3 is 2.33 bits per heavy atom. The van der Waals surface area contributed by atoms with Gasteiger partial charge in [-0.25, -0.2) is 4.98 Å². The Kier molecular flexibility index (Phi) is 4.34. The Bertz CT molecular complexity index is 753. The van der Waals surface area contributed by atoms with E-state index in [-0.39, 0.29) is 12.8 Å². The molecule has 0 saturated carbocycles. The fourth-order valence-electron chi connectivity index (χ4n) is 2.26. The maximum atomic E-state index is 9.24. The molecule has 5 heteroatoms. The first-order valence-electron chi connectivity index (χ1n) is 6.51. The summed E-state index contributed by atoms with van der Waals surface area (Å²) in [6.45, 7) is 1.76. The summed E-state index contributed by atoms with van der Waals surface area (Å²) in [4.78, 5) is 4.50. The zero-order chi connectivity index (χ0) is 15.2. The number of imidazole rings is 1. The van der Waals surface area contributed by atoms with E-state index in [1.54, 1.807) is 11.5 Å². The van der Waals surface area contributed by atoms with Gasteiger partial charge in [-0.05, 0) is 6.92 Å². The van der Waals surface area contributed by atoms with E-state index in [1.165, 1.54) is 0 Å². The number of aromatic nitrogens is 2. The average Bonchev–Trinajstić information content (AvgIpc) is 2.87. The van der Waals surface area contributed by atoms with Crippen LogP contribution in [0.2, 0.25) is 0 Å². The quantitative estimate of drug-likeness (QED) is 0.858. The molecular weight excluding hydrogens is 262 g/mol. The lowest BCUT2D eigenvalue weighted by atomic mass is 10.2. The minimum absolute atomic E-state index is 0.127. The highest BCUT2D eigenvalue weighted by Crippen LogP contribution is 2.27. The standard InChI is InChI=1S/C16H13N5/c1-12(11-19)21-15(8-10-18)14(7-9-17)20-16(21)13-5-3-2-4-6-13/h2-6,12H,7-8H2,1H3. The van der Waals surface area contributed by atoms with E-state index in [2.05, 4.69) is 23.2 Å². The molecule has 1 aromatic carbocycles. The van der Waals surface area contributed by atoms with Crippen LogP contribution < -0.4 is 0 Å². The zero-order valence-corrected chi connectivity index (χ0v) is 11.6. The fraction of sp³-hybridized carbons (Fsp3) is 0.250. The Hall–Kier alpha value is -3.10. The molecule has 2 aromatic rings. The van der Waals surface area contributed by atoms with Crippen LogP contribution in [0.25, 0.3) is 11.4 Å². The Morgan fingerprint density at radius 1 is 1.10 bits per heavy atom. The van der Waals surface area contributed by atoms with Gasteiger partial charge in [-0.1, -0.05) is 30.3 Å². The van der Waals surface area contributed by atoms with Gasteiger partial charge < -0.3 is 4.57 Å². The molecule has 0 N–H and O–H groups in total. The van der Waals surface area contributed by atoms with E-state index < -0.39 is 6.04 Å². The van der Waals surface area contributed by atoms with Crippen LogP contribution in [-0.2, 0) is 12.8 Å². The highest BCUT2D eigenvalue weighted by atomic mass is 15.1. The van der Waals surface area contributed by atoms with Crippen LogP contribution >= 0.6 is 0 Å². The van der Waals surface area contributed by atoms with Crippen LogP contribution in [0.1, 0.15) is 24.4 Å². The van der Waals surface area contributed by atoms with Crippen LogP contribution in [0.5, 0.6) is 0 Å². The molecule has 1 unspecified atom stereocenters. The molecule has 0 aliphatic carbocycles. The highest BCUT2D eigenvalue weighted by molar-refractivity contribution is 5.57. The monoisotopic (exact) mass is 275 g/mol. The van der Waals surface area contributed by atoms with Crippen LogP contribution in [-0.4, -0.2) is 9.55 Å². The predicted molar refractivity (Wildman–Crippen MR) is 76.6 cm³/mol. The Morgan fingerprint density at radius 2 is 1.76 bits per heavy atom. The lowest BCUT2D eigenvalue weighted by Crippen LogP contribution is -2.09. The molecule has 102 valence electrons. The summed E-state index contributed by atoms with van der Waals surface area (Å²) < 4.78 is 1.76. The third kappa shape index (κ3) is 2.76. The summed E-state index contributed by atoms with van der Waals surface area (Å²) in [5.74, 6) is 0.625. The van der Waals surface area contributed by atoms with Crippen LogP contribution in [0, 0.1) is 34.0 Å². The van der Waals surface area contributed by atoms with E-state index in [0.29, 0.717) is 17.2 Å². The van der Waals surface area contributed by atoms with Gasteiger partial charge in [0.1, 0.15) is 11.9 Å². The third-order valence-electron chi connectivity index (χ3n) is 3.19. The van der Waals surface area contributed by atoms with E-state index in [9.17, 15) is 5.26 Å². The maximum Gasteiger partial charge on any atom is 0.141 e. The SMILES string of the molecule is CC(C#N)n1c(-c2ccccc2)nc(CC#N)c1CC#N. The Balaban J connectivity index is 2.70. The first-order chi connectivity index (χ1) is 10.2. The first kappa shape index (κ1) is 14.3. The second-order valence-electron chi connectivity index (χ2n) is 4.54. The molecule has 0 saturated heterocycles. The van der Waals surface area contributed by atoms with Gasteiger partial charge in [-0.2, -0.15) is 15.8 Å². The normalized spacial score (nSPS) is 11.1. The smallest absolute Gasteiger partial charge is 0.141 e. The molecule has 0 fully saturated rings. The zero-order valence-electron chi connectivity index (χ0n) is 11.6.